The molecule has 112 valence electrons. The summed E-state index contributed by atoms with van der Waals surface area (Å²) in [6, 6.07) is 11.6. The lowest BCUT2D eigenvalue weighted by atomic mass is 10.0. The molecule has 0 unspecified atom stereocenters. The van der Waals surface area contributed by atoms with Crippen LogP contribution in [0.5, 0.6) is 5.75 Å². The van der Waals surface area contributed by atoms with Crippen molar-refractivity contribution in [2.24, 2.45) is 0 Å². The quantitative estimate of drug-likeness (QED) is 0.740. The van der Waals surface area contributed by atoms with Gasteiger partial charge in [0.25, 0.3) is 0 Å². The van der Waals surface area contributed by atoms with E-state index in [1.54, 1.807) is 7.11 Å². The van der Waals surface area contributed by atoms with E-state index in [1.807, 2.05) is 36.4 Å². The molecule has 0 heterocycles. The minimum Gasteiger partial charge on any atom is -0.496 e. The van der Waals surface area contributed by atoms with E-state index in [9.17, 15) is 0 Å². The topological polar surface area (TPSA) is 21.3 Å². The zero-order valence-electron chi connectivity index (χ0n) is 12.2. The normalized spacial score (nSPS) is 10.7. The van der Waals surface area contributed by atoms with Crippen LogP contribution in [0.15, 0.2) is 36.4 Å². The Hall–Kier alpha value is -1.22. The number of hydrogen-bond donors (Lipinski definition) is 1. The molecule has 0 spiro atoms. The third kappa shape index (κ3) is 4.13. The second-order valence-corrected chi connectivity index (χ2v) is 5.67. The van der Waals surface area contributed by atoms with Crippen molar-refractivity contribution in [2.75, 3.05) is 13.7 Å². The van der Waals surface area contributed by atoms with Gasteiger partial charge in [-0.05, 0) is 48.4 Å². The number of nitrogens with one attached hydrogen (secondary N) is 1. The molecule has 0 saturated carbocycles. The standard InChI is InChI=1S/C17H19Cl2NO/c1-3-8-20-11-13-5-4-12(9-16(13)19)15-10-14(18)6-7-17(15)21-2/h4-7,9-10,20H,3,8,11H2,1-2H3. The van der Waals surface area contributed by atoms with Crippen molar-refractivity contribution in [3.05, 3.63) is 52.0 Å². The van der Waals surface area contributed by atoms with Crippen molar-refractivity contribution >= 4 is 23.2 Å². The number of ether oxygens (including phenoxy) is 1. The van der Waals surface area contributed by atoms with Crippen molar-refractivity contribution in [2.45, 2.75) is 19.9 Å². The number of rotatable bonds is 6. The van der Waals surface area contributed by atoms with E-state index in [-0.39, 0.29) is 0 Å². The van der Waals surface area contributed by atoms with E-state index in [0.717, 1.165) is 47.0 Å². The lowest BCUT2D eigenvalue weighted by molar-refractivity contribution is 0.416. The lowest BCUT2D eigenvalue weighted by Crippen LogP contribution is -2.13. The molecule has 0 aromatic heterocycles. The zero-order chi connectivity index (χ0) is 15.2. The summed E-state index contributed by atoms with van der Waals surface area (Å²) in [4.78, 5) is 0. The molecule has 1 N–H and O–H groups in total. The van der Waals surface area contributed by atoms with E-state index in [1.165, 1.54) is 0 Å². The first-order chi connectivity index (χ1) is 10.2. The summed E-state index contributed by atoms with van der Waals surface area (Å²) in [6.07, 6.45) is 1.11. The minimum atomic E-state index is 0.676. The van der Waals surface area contributed by atoms with Crippen LogP contribution in [0.3, 0.4) is 0 Å². The van der Waals surface area contributed by atoms with Gasteiger partial charge in [-0.3, -0.25) is 0 Å². The summed E-state index contributed by atoms with van der Waals surface area (Å²) in [7, 11) is 1.65. The third-order valence-electron chi connectivity index (χ3n) is 3.27. The average molecular weight is 324 g/mol. The Morgan fingerprint density at radius 3 is 2.57 bits per heavy atom. The molecule has 0 aliphatic rings. The van der Waals surface area contributed by atoms with Gasteiger partial charge in [0.15, 0.2) is 0 Å². The van der Waals surface area contributed by atoms with Crippen LogP contribution in [0.2, 0.25) is 10.0 Å². The molecule has 2 rings (SSSR count). The molecule has 2 nitrogen and oxygen atoms in total. The fourth-order valence-corrected chi connectivity index (χ4v) is 2.58. The Labute approximate surface area is 136 Å². The van der Waals surface area contributed by atoms with E-state index < -0.39 is 0 Å². The van der Waals surface area contributed by atoms with Gasteiger partial charge >= 0.3 is 0 Å². The summed E-state index contributed by atoms with van der Waals surface area (Å²) in [5.74, 6) is 0.785. The van der Waals surface area contributed by atoms with Gasteiger partial charge in [-0.2, -0.15) is 0 Å². The van der Waals surface area contributed by atoms with Gasteiger partial charge < -0.3 is 10.1 Å². The van der Waals surface area contributed by atoms with Gasteiger partial charge in [0, 0.05) is 22.2 Å². The van der Waals surface area contributed by atoms with Gasteiger partial charge in [0.1, 0.15) is 5.75 Å². The first-order valence-corrected chi connectivity index (χ1v) is 7.74. The van der Waals surface area contributed by atoms with Gasteiger partial charge in [0.05, 0.1) is 7.11 Å². The highest BCUT2D eigenvalue weighted by Gasteiger charge is 2.09. The number of benzene rings is 2. The summed E-state index contributed by atoms with van der Waals surface area (Å²) < 4.78 is 5.39. The Morgan fingerprint density at radius 1 is 1.10 bits per heavy atom. The van der Waals surface area contributed by atoms with Crippen molar-refractivity contribution < 1.29 is 4.74 Å². The van der Waals surface area contributed by atoms with Crippen molar-refractivity contribution in [3.63, 3.8) is 0 Å². The Morgan fingerprint density at radius 2 is 1.90 bits per heavy atom. The first kappa shape index (κ1) is 16.2. The van der Waals surface area contributed by atoms with Gasteiger partial charge in [-0.1, -0.05) is 42.3 Å². The molecule has 2 aromatic carbocycles. The van der Waals surface area contributed by atoms with Crippen LogP contribution >= 0.6 is 23.2 Å². The average Bonchev–Trinajstić information content (AvgIpc) is 2.49. The summed E-state index contributed by atoms with van der Waals surface area (Å²) in [6.45, 7) is 3.91. The molecule has 2 aromatic rings. The van der Waals surface area contributed by atoms with Crippen LogP contribution < -0.4 is 10.1 Å². The maximum atomic E-state index is 6.38. The van der Waals surface area contributed by atoms with E-state index in [2.05, 4.69) is 12.2 Å². The molecule has 0 saturated heterocycles. The summed E-state index contributed by atoms with van der Waals surface area (Å²) in [5, 5.41) is 4.78. The molecule has 0 atom stereocenters. The molecule has 0 aliphatic heterocycles. The van der Waals surface area contributed by atoms with E-state index in [0.29, 0.717) is 5.02 Å². The van der Waals surface area contributed by atoms with Gasteiger partial charge in [0.2, 0.25) is 0 Å². The Kier molecular flexibility index (Phi) is 5.92. The molecule has 0 aliphatic carbocycles. The zero-order valence-corrected chi connectivity index (χ0v) is 13.8. The molecule has 0 radical (unpaired) electrons. The SMILES string of the molecule is CCCNCc1ccc(-c2cc(Cl)ccc2OC)cc1Cl. The first-order valence-electron chi connectivity index (χ1n) is 6.98. The minimum absolute atomic E-state index is 0.676. The largest absolute Gasteiger partial charge is 0.496 e. The summed E-state index contributed by atoms with van der Waals surface area (Å²) in [5.41, 5.74) is 3.04. The highest BCUT2D eigenvalue weighted by atomic mass is 35.5. The Bertz CT molecular complexity index is 614. The predicted octanol–water partition coefficient (Wildman–Crippen LogP) is 5.17. The molecule has 0 amide bonds. The summed E-state index contributed by atoms with van der Waals surface area (Å²) >= 11 is 12.5. The second kappa shape index (κ2) is 7.69. The molecule has 0 fully saturated rings. The van der Waals surface area contributed by atoms with Crippen molar-refractivity contribution in [1.82, 2.24) is 5.32 Å². The maximum Gasteiger partial charge on any atom is 0.126 e. The highest BCUT2D eigenvalue weighted by molar-refractivity contribution is 6.32. The highest BCUT2D eigenvalue weighted by Crippen LogP contribution is 2.34. The van der Waals surface area contributed by atoms with Crippen molar-refractivity contribution in [1.29, 1.82) is 0 Å². The number of methoxy groups -OCH3 is 1. The van der Waals surface area contributed by atoms with Crippen LogP contribution in [0.1, 0.15) is 18.9 Å². The van der Waals surface area contributed by atoms with Gasteiger partial charge in [-0.15, -0.1) is 0 Å². The molecular formula is C17H19Cl2NO. The van der Waals surface area contributed by atoms with E-state index in [4.69, 9.17) is 27.9 Å². The molecule has 4 heteroatoms. The lowest BCUT2D eigenvalue weighted by Gasteiger charge is -2.12. The fourth-order valence-electron chi connectivity index (χ4n) is 2.16. The van der Waals surface area contributed by atoms with E-state index >= 15 is 0 Å². The second-order valence-electron chi connectivity index (χ2n) is 4.83. The molecular weight excluding hydrogens is 305 g/mol. The van der Waals surface area contributed by atoms with Crippen LogP contribution in [-0.4, -0.2) is 13.7 Å². The maximum absolute atomic E-state index is 6.38. The third-order valence-corrected chi connectivity index (χ3v) is 3.85. The number of halogens is 2. The fraction of sp³-hybridized carbons (Fsp3) is 0.294. The molecule has 21 heavy (non-hydrogen) atoms. The predicted molar refractivity (Wildman–Crippen MR) is 90.4 cm³/mol. The van der Waals surface area contributed by atoms with Crippen LogP contribution in [0.25, 0.3) is 11.1 Å². The molecule has 0 bridgehead atoms. The van der Waals surface area contributed by atoms with Crippen LogP contribution in [0, 0.1) is 0 Å². The van der Waals surface area contributed by atoms with Gasteiger partial charge in [-0.25, -0.2) is 0 Å². The number of hydrogen-bond acceptors (Lipinski definition) is 2. The monoisotopic (exact) mass is 323 g/mol. The Balaban J connectivity index is 2.29. The van der Waals surface area contributed by atoms with Crippen LogP contribution in [0.4, 0.5) is 0 Å². The van der Waals surface area contributed by atoms with Crippen LogP contribution in [-0.2, 0) is 6.54 Å². The van der Waals surface area contributed by atoms with Crippen molar-refractivity contribution in [3.8, 4) is 16.9 Å². The smallest absolute Gasteiger partial charge is 0.126 e.